The zero-order valence-electron chi connectivity index (χ0n) is 11.5. The van der Waals surface area contributed by atoms with Gasteiger partial charge in [-0.25, -0.2) is 0 Å². The van der Waals surface area contributed by atoms with E-state index in [4.69, 9.17) is 9.26 Å². The highest BCUT2D eigenvalue weighted by Gasteiger charge is 2.04. The van der Waals surface area contributed by atoms with Crippen LogP contribution in [0.2, 0.25) is 0 Å². The van der Waals surface area contributed by atoms with Gasteiger partial charge in [0.2, 0.25) is 11.7 Å². The predicted octanol–water partition coefficient (Wildman–Crippen LogP) is 2.46. The summed E-state index contributed by atoms with van der Waals surface area (Å²) in [4.78, 5) is 4.09. The van der Waals surface area contributed by atoms with Gasteiger partial charge in [0.25, 0.3) is 0 Å². The maximum atomic E-state index is 5.64. The number of aromatic nitrogens is 2. The molecule has 5 heteroatoms. The fourth-order valence-corrected chi connectivity index (χ4v) is 1.62. The van der Waals surface area contributed by atoms with E-state index in [2.05, 4.69) is 35.4 Å². The SMILES string of the molecule is Cc1nc(COc2cccc(CNC(C)C)c2)no1. The normalized spacial score (nSPS) is 10.9. The Morgan fingerprint density at radius 1 is 1.37 bits per heavy atom. The Hall–Kier alpha value is -1.88. The lowest BCUT2D eigenvalue weighted by Crippen LogP contribution is -2.21. The molecule has 0 aliphatic heterocycles. The predicted molar refractivity (Wildman–Crippen MR) is 71.8 cm³/mol. The Morgan fingerprint density at radius 3 is 2.89 bits per heavy atom. The van der Waals surface area contributed by atoms with Gasteiger partial charge >= 0.3 is 0 Å². The van der Waals surface area contributed by atoms with E-state index in [0.717, 1.165) is 12.3 Å². The van der Waals surface area contributed by atoms with E-state index in [1.165, 1.54) is 5.56 Å². The lowest BCUT2D eigenvalue weighted by molar-refractivity contribution is 0.285. The van der Waals surface area contributed by atoms with Crippen molar-refractivity contribution in [3.63, 3.8) is 0 Å². The van der Waals surface area contributed by atoms with Crippen molar-refractivity contribution in [1.82, 2.24) is 15.5 Å². The number of benzene rings is 1. The Bertz CT molecular complexity index is 523. The molecule has 0 bridgehead atoms. The molecule has 1 aromatic carbocycles. The lowest BCUT2D eigenvalue weighted by Gasteiger charge is -2.09. The summed E-state index contributed by atoms with van der Waals surface area (Å²) in [5, 5.41) is 7.16. The summed E-state index contributed by atoms with van der Waals surface area (Å²) in [5.74, 6) is 1.92. The van der Waals surface area contributed by atoms with Crippen molar-refractivity contribution < 1.29 is 9.26 Å². The fraction of sp³-hybridized carbons (Fsp3) is 0.429. The van der Waals surface area contributed by atoms with Crippen LogP contribution < -0.4 is 10.1 Å². The van der Waals surface area contributed by atoms with E-state index in [0.29, 0.717) is 24.4 Å². The van der Waals surface area contributed by atoms with Crippen molar-refractivity contribution in [3.05, 3.63) is 41.5 Å². The van der Waals surface area contributed by atoms with Crippen LogP contribution in [0.25, 0.3) is 0 Å². The molecule has 19 heavy (non-hydrogen) atoms. The van der Waals surface area contributed by atoms with Crippen LogP contribution in [0, 0.1) is 6.92 Å². The average molecular weight is 261 g/mol. The molecule has 0 amide bonds. The first-order valence-electron chi connectivity index (χ1n) is 6.38. The van der Waals surface area contributed by atoms with Gasteiger partial charge in [-0.05, 0) is 17.7 Å². The van der Waals surface area contributed by atoms with Crippen molar-refractivity contribution in [2.75, 3.05) is 0 Å². The largest absolute Gasteiger partial charge is 0.485 e. The summed E-state index contributed by atoms with van der Waals surface area (Å²) in [6.45, 7) is 7.15. The third-order valence-electron chi connectivity index (χ3n) is 2.55. The Kier molecular flexibility index (Phi) is 4.52. The van der Waals surface area contributed by atoms with E-state index in [-0.39, 0.29) is 0 Å². The number of hydrogen-bond acceptors (Lipinski definition) is 5. The molecule has 0 aliphatic carbocycles. The highest BCUT2D eigenvalue weighted by atomic mass is 16.5. The zero-order valence-corrected chi connectivity index (χ0v) is 11.5. The molecule has 1 N–H and O–H groups in total. The van der Waals surface area contributed by atoms with Crippen molar-refractivity contribution in [1.29, 1.82) is 0 Å². The maximum absolute atomic E-state index is 5.64. The summed E-state index contributed by atoms with van der Waals surface area (Å²) in [6, 6.07) is 8.45. The van der Waals surface area contributed by atoms with Gasteiger partial charge in [0.1, 0.15) is 5.75 Å². The molecule has 0 atom stereocenters. The van der Waals surface area contributed by atoms with Crippen LogP contribution in [0.1, 0.15) is 31.1 Å². The van der Waals surface area contributed by atoms with Crippen molar-refractivity contribution in [2.24, 2.45) is 0 Å². The van der Waals surface area contributed by atoms with Gasteiger partial charge in [-0.1, -0.05) is 31.1 Å². The standard InChI is InChI=1S/C14H19N3O2/c1-10(2)15-8-12-5-4-6-13(7-12)18-9-14-16-11(3)19-17-14/h4-7,10,15H,8-9H2,1-3H3. The van der Waals surface area contributed by atoms with Crippen LogP contribution in [0.5, 0.6) is 5.75 Å². The molecule has 0 unspecified atom stereocenters. The first-order chi connectivity index (χ1) is 9.13. The van der Waals surface area contributed by atoms with Gasteiger partial charge in [-0.3, -0.25) is 0 Å². The first-order valence-corrected chi connectivity index (χ1v) is 6.38. The minimum Gasteiger partial charge on any atom is -0.485 e. The quantitative estimate of drug-likeness (QED) is 0.865. The smallest absolute Gasteiger partial charge is 0.223 e. The van der Waals surface area contributed by atoms with E-state index in [9.17, 15) is 0 Å². The van der Waals surface area contributed by atoms with Crippen LogP contribution in [0.15, 0.2) is 28.8 Å². The molecule has 0 radical (unpaired) electrons. The number of hydrogen-bond donors (Lipinski definition) is 1. The molecule has 1 heterocycles. The molecule has 5 nitrogen and oxygen atoms in total. The minimum atomic E-state index is 0.318. The lowest BCUT2D eigenvalue weighted by atomic mass is 10.2. The summed E-state index contributed by atoms with van der Waals surface area (Å²) < 4.78 is 10.5. The molecule has 2 aromatic rings. The van der Waals surface area contributed by atoms with Gasteiger partial charge in [0, 0.05) is 19.5 Å². The van der Waals surface area contributed by atoms with Gasteiger partial charge in [-0.15, -0.1) is 0 Å². The van der Waals surface area contributed by atoms with E-state index < -0.39 is 0 Å². The fourth-order valence-electron chi connectivity index (χ4n) is 1.62. The Labute approximate surface area is 113 Å². The summed E-state index contributed by atoms with van der Waals surface area (Å²) in [5.41, 5.74) is 1.19. The third kappa shape index (κ3) is 4.37. The second-order valence-corrected chi connectivity index (χ2v) is 4.70. The maximum Gasteiger partial charge on any atom is 0.223 e. The summed E-state index contributed by atoms with van der Waals surface area (Å²) >= 11 is 0. The molecule has 0 saturated heterocycles. The van der Waals surface area contributed by atoms with Crippen LogP contribution in [-0.4, -0.2) is 16.2 Å². The molecule has 1 aromatic heterocycles. The van der Waals surface area contributed by atoms with Gasteiger partial charge in [0.15, 0.2) is 6.61 Å². The van der Waals surface area contributed by atoms with Crippen LogP contribution in [0.4, 0.5) is 0 Å². The zero-order chi connectivity index (χ0) is 13.7. The second kappa shape index (κ2) is 6.33. The number of rotatable bonds is 6. The number of nitrogens with zero attached hydrogens (tertiary/aromatic N) is 2. The van der Waals surface area contributed by atoms with Crippen LogP contribution in [-0.2, 0) is 13.2 Å². The van der Waals surface area contributed by atoms with Crippen molar-refractivity contribution in [3.8, 4) is 5.75 Å². The highest BCUT2D eigenvalue weighted by molar-refractivity contribution is 5.28. The van der Waals surface area contributed by atoms with E-state index in [1.54, 1.807) is 6.92 Å². The molecule has 2 rings (SSSR count). The van der Waals surface area contributed by atoms with Gasteiger partial charge in [-0.2, -0.15) is 4.98 Å². The van der Waals surface area contributed by atoms with Gasteiger partial charge < -0.3 is 14.6 Å². The average Bonchev–Trinajstić information content (AvgIpc) is 2.80. The monoisotopic (exact) mass is 261 g/mol. The molecular weight excluding hydrogens is 242 g/mol. The molecule has 0 aliphatic rings. The third-order valence-corrected chi connectivity index (χ3v) is 2.55. The highest BCUT2D eigenvalue weighted by Crippen LogP contribution is 2.14. The molecule has 0 spiro atoms. The minimum absolute atomic E-state index is 0.318. The van der Waals surface area contributed by atoms with E-state index in [1.807, 2.05) is 18.2 Å². The second-order valence-electron chi connectivity index (χ2n) is 4.70. The van der Waals surface area contributed by atoms with Crippen LogP contribution >= 0.6 is 0 Å². The Morgan fingerprint density at radius 2 is 2.21 bits per heavy atom. The number of nitrogens with one attached hydrogen (secondary N) is 1. The van der Waals surface area contributed by atoms with Crippen molar-refractivity contribution in [2.45, 2.75) is 40.0 Å². The molecular formula is C14H19N3O2. The summed E-state index contributed by atoms with van der Waals surface area (Å²) in [6.07, 6.45) is 0. The molecule has 102 valence electrons. The van der Waals surface area contributed by atoms with Gasteiger partial charge in [0.05, 0.1) is 0 Å². The topological polar surface area (TPSA) is 60.2 Å². The van der Waals surface area contributed by atoms with E-state index >= 15 is 0 Å². The number of ether oxygens (including phenoxy) is 1. The van der Waals surface area contributed by atoms with Crippen molar-refractivity contribution >= 4 is 0 Å². The number of aryl methyl sites for hydroxylation is 1. The first kappa shape index (κ1) is 13.5. The molecule has 0 fully saturated rings. The Balaban J connectivity index is 1.91. The summed E-state index contributed by atoms with van der Waals surface area (Å²) in [7, 11) is 0. The molecule has 0 saturated carbocycles. The van der Waals surface area contributed by atoms with Crippen LogP contribution in [0.3, 0.4) is 0 Å².